The summed E-state index contributed by atoms with van der Waals surface area (Å²) in [4.78, 5) is 27.0. The van der Waals surface area contributed by atoms with E-state index in [1.165, 1.54) is 24.3 Å². The van der Waals surface area contributed by atoms with Crippen molar-refractivity contribution < 1.29 is 27.9 Å². The van der Waals surface area contributed by atoms with Crippen LogP contribution < -0.4 is 10.6 Å². The number of benzene rings is 2. The number of aromatic nitrogens is 1. The van der Waals surface area contributed by atoms with Crippen LogP contribution in [-0.2, 0) is 16.0 Å². The molecule has 2 amide bonds. The lowest BCUT2D eigenvalue weighted by atomic mass is 10.0. The molecule has 0 saturated carbocycles. The second-order valence-electron chi connectivity index (χ2n) is 7.15. The second kappa shape index (κ2) is 7.83. The number of hydrogen-bond acceptors (Lipinski definition) is 3. The van der Waals surface area contributed by atoms with Crippen LogP contribution in [0.5, 0.6) is 0 Å². The molecular weight excluding hydrogens is 399 g/mol. The van der Waals surface area contributed by atoms with E-state index in [1.54, 1.807) is 0 Å². The SMILES string of the molecule is O=C(CCc1c(-c2ccc(F)cc2)[nH]c2cc(F)cc(F)c12)N[C@@H]1C(=O)NC[C@H]1O. The van der Waals surface area contributed by atoms with Crippen LogP contribution in [0.25, 0.3) is 22.2 Å². The molecule has 156 valence electrons. The Morgan fingerprint density at radius 1 is 1.13 bits per heavy atom. The second-order valence-corrected chi connectivity index (χ2v) is 7.15. The normalized spacial score (nSPS) is 18.6. The van der Waals surface area contributed by atoms with Crippen LogP contribution in [-0.4, -0.2) is 40.6 Å². The first-order valence-corrected chi connectivity index (χ1v) is 9.34. The van der Waals surface area contributed by atoms with Crippen molar-refractivity contribution in [1.82, 2.24) is 15.6 Å². The van der Waals surface area contributed by atoms with Crippen molar-refractivity contribution in [3.63, 3.8) is 0 Å². The lowest BCUT2D eigenvalue weighted by Crippen LogP contribution is -2.45. The molecule has 1 aliphatic heterocycles. The van der Waals surface area contributed by atoms with Crippen LogP contribution in [0.15, 0.2) is 36.4 Å². The van der Waals surface area contributed by atoms with Crippen LogP contribution in [0.1, 0.15) is 12.0 Å². The van der Waals surface area contributed by atoms with Gasteiger partial charge in [0.15, 0.2) is 0 Å². The molecule has 1 aliphatic rings. The van der Waals surface area contributed by atoms with Crippen molar-refractivity contribution in [2.45, 2.75) is 25.0 Å². The Balaban J connectivity index is 1.64. The first kappa shape index (κ1) is 20.0. The zero-order valence-electron chi connectivity index (χ0n) is 15.6. The van der Waals surface area contributed by atoms with Gasteiger partial charge in [-0.05, 0) is 47.9 Å². The summed E-state index contributed by atoms with van der Waals surface area (Å²) in [7, 11) is 0. The van der Waals surface area contributed by atoms with E-state index in [1.807, 2.05) is 0 Å². The molecule has 4 N–H and O–H groups in total. The smallest absolute Gasteiger partial charge is 0.245 e. The maximum absolute atomic E-state index is 14.5. The maximum Gasteiger partial charge on any atom is 0.245 e. The van der Waals surface area contributed by atoms with Crippen molar-refractivity contribution in [2.75, 3.05) is 6.54 Å². The number of nitrogens with one attached hydrogen (secondary N) is 3. The van der Waals surface area contributed by atoms with Crippen molar-refractivity contribution in [3.8, 4) is 11.3 Å². The fourth-order valence-corrected chi connectivity index (χ4v) is 3.68. The number of hydrogen-bond donors (Lipinski definition) is 4. The Morgan fingerprint density at radius 2 is 1.87 bits per heavy atom. The zero-order chi connectivity index (χ0) is 21.4. The Hall–Kier alpha value is -3.33. The molecule has 1 saturated heterocycles. The lowest BCUT2D eigenvalue weighted by Gasteiger charge is -2.14. The van der Waals surface area contributed by atoms with Gasteiger partial charge in [-0.25, -0.2) is 13.2 Å². The molecule has 0 radical (unpaired) electrons. The first-order chi connectivity index (χ1) is 14.3. The molecule has 0 spiro atoms. The van der Waals surface area contributed by atoms with Gasteiger partial charge in [0.1, 0.15) is 29.6 Å². The fourth-order valence-electron chi connectivity index (χ4n) is 3.68. The molecule has 30 heavy (non-hydrogen) atoms. The third-order valence-corrected chi connectivity index (χ3v) is 5.12. The average Bonchev–Trinajstić information content (AvgIpc) is 3.22. The van der Waals surface area contributed by atoms with Gasteiger partial charge in [-0.2, -0.15) is 0 Å². The summed E-state index contributed by atoms with van der Waals surface area (Å²) in [6.45, 7) is 0.0533. The number of rotatable bonds is 5. The predicted octanol–water partition coefficient (Wildman–Crippen LogP) is 2.16. The molecule has 1 fully saturated rings. The number of carbonyl (C=O) groups is 2. The summed E-state index contributed by atoms with van der Waals surface area (Å²) in [5.41, 5.74) is 1.64. The van der Waals surface area contributed by atoms with E-state index in [9.17, 15) is 27.9 Å². The van der Waals surface area contributed by atoms with Gasteiger partial charge in [0.25, 0.3) is 0 Å². The van der Waals surface area contributed by atoms with Crippen molar-refractivity contribution >= 4 is 22.7 Å². The summed E-state index contributed by atoms with van der Waals surface area (Å²) in [6, 6.07) is 6.35. The first-order valence-electron chi connectivity index (χ1n) is 9.34. The Bertz CT molecular complexity index is 1130. The van der Waals surface area contributed by atoms with E-state index in [4.69, 9.17) is 0 Å². The van der Waals surface area contributed by atoms with Gasteiger partial charge in [-0.1, -0.05) is 0 Å². The molecule has 0 bridgehead atoms. The molecule has 9 heteroatoms. The van der Waals surface area contributed by atoms with E-state index >= 15 is 0 Å². The van der Waals surface area contributed by atoms with Gasteiger partial charge in [-0.3, -0.25) is 9.59 Å². The number of carbonyl (C=O) groups excluding carboxylic acids is 2. The van der Waals surface area contributed by atoms with Gasteiger partial charge >= 0.3 is 0 Å². The van der Waals surface area contributed by atoms with Crippen LogP contribution in [0, 0.1) is 17.5 Å². The van der Waals surface area contributed by atoms with E-state index < -0.39 is 41.4 Å². The Labute approximate surface area is 169 Å². The molecule has 2 heterocycles. The highest BCUT2D eigenvalue weighted by molar-refractivity contribution is 5.93. The largest absolute Gasteiger partial charge is 0.389 e. The molecule has 0 aliphatic carbocycles. The molecular formula is C21H18F3N3O3. The number of aliphatic hydroxyl groups is 1. The predicted molar refractivity (Wildman–Crippen MR) is 103 cm³/mol. The van der Waals surface area contributed by atoms with Crippen molar-refractivity contribution in [2.24, 2.45) is 0 Å². The highest BCUT2D eigenvalue weighted by Gasteiger charge is 2.34. The number of aliphatic hydroxyl groups excluding tert-OH is 1. The summed E-state index contributed by atoms with van der Waals surface area (Å²) < 4.78 is 41.5. The molecule has 4 rings (SSSR count). The number of aryl methyl sites for hydroxylation is 1. The van der Waals surface area contributed by atoms with E-state index in [0.717, 1.165) is 12.1 Å². The van der Waals surface area contributed by atoms with Gasteiger partial charge in [0, 0.05) is 30.1 Å². The Kier molecular flexibility index (Phi) is 5.21. The van der Waals surface area contributed by atoms with Gasteiger partial charge < -0.3 is 20.7 Å². The van der Waals surface area contributed by atoms with Gasteiger partial charge in [0.05, 0.1) is 5.52 Å². The minimum Gasteiger partial charge on any atom is -0.389 e. The number of fused-ring (bicyclic) bond motifs is 1. The Morgan fingerprint density at radius 3 is 2.53 bits per heavy atom. The van der Waals surface area contributed by atoms with E-state index in [2.05, 4.69) is 15.6 Å². The third kappa shape index (κ3) is 3.76. The van der Waals surface area contributed by atoms with Crippen molar-refractivity contribution in [3.05, 3.63) is 59.4 Å². The highest BCUT2D eigenvalue weighted by Crippen LogP contribution is 2.33. The number of aromatic amines is 1. The monoisotopic (exact) mass is 417 g/mol. The van der Waals surface area contributed by atoms with Gasteiger partial charge in [0.2, 0.25) is 11.8 Å². The number of β-amino-alcohol motifs (C(OH)–C–C–N with tert-alkyl or cyclic N) is 1. The minimum atomic E-state index is -1.04. The van der Waals surface area contributed by atoms with Crippen LogP contribution in [0.3, 0.4) is 0 Å². The summed E-state index contributed by atoms with van der Waals surface area (Å²) in [5, 5.41) is 14.8. The molecule has 2 atom stereocenters. The quantitative estimate of drug-likeness (QED) is 0.513. The fraction of sp³-hybridized carbons (Fsp3) is 0.238. The maximum atomic E-state index is 14.5. The topological polar surface area (TPSA) is 94.2 Å². The summed E-state index contributed by atoms with van der Waals surface area (Å²) in [6.07, 6.45) is -1.05. The standard InChI is InChI=1S/C21H18F3N3O3/c22-11-3-1-10(2-4-11)19-13(18-14(24)7-12(23)8-15(18)26-19)5-6-17(29)27-20-16(28)9-25-21(20)30/h1-4,7-8,16,20,26,28H,5-6,9H2,(H,25,30)(H,27,29)/t16-,20+/m1/s1. The van der Waals surface area contributed by atoms with E-state index in [-0.39, 0.29) is 30.3 Å². The molecule has 0 unspecified atom stereocenters. The molecule has 2 aromatic carbocycles. The molecule has 3 aromatic rings. The molecule has 1 aromatic heterocycles. The number of H-pyrrole nitrogens is 1. The third-order valence-electron chi connectivity index (χ3n) is 5.12. The minimum absolute atomic E-state index is 0.0533. The highest BCUT2D eigenvalue weighted by atomic mass is 19.1. The summed E-state index contributed by atoms with van der Waals surface area (Å²) >= 11 is 0. The lowest BCUT2D eigenvalue weighted by molar-refractivity contribution is -0.128. The number of amides is 2. The van der Waals surface area contributed by atoms with Crippen LogP contribution >= 0.6 is 0 Å². The van der Waals surface area contributed by atoms with E-state index in [0.29, 0.717) is 16.8 Å². The zero-order valence-corrected chi connectivity index (χ0v) is 15.6. The van der Waals surface area contributed by atoms with Crippen molar-refractivity contribution in [1.29, 1.82) is 0 Å². The van der Waals surface area contributed by atoms with Crippen LogP contribution in [0.2, 0.25) is 0 Å². The van der Waals surface area contributed by atoms with Gasteiger partial charge in [-0.15, -0.1) is 0 Å². The molecule has 6 nitrogen and oxygen atoms in total. The van der Waals surface area contributed by atoms with Crippen LogP contribution in [0.4, 0.5) is 13.2 Å². The average molecular weight is 417 g/mol. The summed E-state index contributed by atoms with van der Waals surface area (Å²) in [5.74, 6) is -2.95. The number of halogens is 3.